The molecule has 0 saturated carbocycles. The van der Waals surface area contributed by atoms with Crippen molar-refractivity contribution in [1.29, 1.82) is 0 Å². The lowest BCUT2D eigenvalue weighted by molar-refractivity contribution is -0.138. The van der Waals surface area contributed by atoms with Gasteiger partial charge in [-0.15, -0.1) is 12.4 Å². The van der Waals surface area contributed by atoms with Crippen molar-refractivity contribution in [3.8, 4) is 22.8 Å². The predicted octanol–water partition coefficient (Wildman–Crippen LogP) is 3.10. The molecule has 0 amide bonds. The molecule has 0 aliphatic rings. The number of methoxy groups -OCH3 is 2. The van der Waals surface area contributed by atoms with Gasteiger partial charge in [-0.1, -0.05) is 12.1 Å². The molecular formula is C19H19ClF3N3O5S. The van der Waals surface area contributed by atoms with E-state index >= 15 is 0 Å². The van der Waals surface area contributed by atoms with Crippen LogP contribution in [0.5, 0.6) is 11.5 Å². The second-order valence-corrected chi connectivity index (χ2v) is 8.41. The average Bonchev–Trinajstić information content (AvgIpc) is 2.72. The lowest BCUT2D eigenvalue weighted by Crippen LogP contribution is -2.22. The van der Waals surface area contributed by atoms with Gasteiger partial charge in [-0.2, -0.15) is 18.3 Å². The molecular weight excluding hydrogens is 475 g/mol. The number of hydrogen-bond donors (Lipinski definition) is 2. The van der Waals surface area contributed by atoms with Gasteiger partial charge < -0.3 is 9.47 Å². The third-order valence-electron chi connectivity index (χ3n) is 4.64. The Morgan fingerprint density at radius 3 is 2.19 bits per heavy atom. The molecule has 0 aliphatic heterocycles. The fourth-order valence-electron chi connectivity index (χ4n) is 3.10. The van der Waals surface area contributed by atoms with E-state index in [4.69, 9.17) is 9.47 Å². The molecule has 174 valence electrons. The fourth-order valence-corrected chi connectivity index (χ4v) is 3.91. The molecule has 0 fully saturated rings. The van der Waals surface area contributed by atoms with E-state index in [2.05, 4.69) is 10.2 Å². The maximum atomic E-state index is 13.7. The summed E-state index contributed by atoms with van der Waals surface area (Å²) in [7, 11) is -0.0532. The quantitative estimate of drug-likeness (QED) is 0.546. The van der Waals surface area contributed by atoms with Crippen molar-refractivity contribution in [3.63, 3.8) is 0 Å². The summed E-state index contributed by atoms with van der Waals surface area (Å²) >= 11 is 0. The van der Waals surface area contributed by atoms with Crippen LogP contribution in [0.4, 0.5) is 13.2 Å². The number of hydrogen-bond acceptors (Lipinski definition) is 6. The van der Waals surface area contributed by atoms with Gasteiger partial charge in [0.15, 0.2) is 11.5 Å². The summed E-state index contributed by atoms with van der Waals surface area (Å²) < 4.78 is 77.0. The van der Waals surface area contributed by atoms with Gasteiger partial charge in [-0.25, -0.2) is 18.2 Å². The maximum Gasteiger partial charge on any atom is 0.416 e. The number of aromatic amines is 1. The molecule has 32 heavy (non-hydrogen) atoms. The first-order valence-corrected chi connectivity index (χ1v) is 10.4. The molecule has 2 aromatic carbocycles. The Kier molecular flexibility index (Phi) is 7.43. The van der Waals surface area contributed by atoms with E-state index in [1.807, 2.05) is 4.72 Å². The molecule has 13 heteroatoms. The van der Waals surface area contributed by atoms with Crippen LogP contribution in [0.1, 0.15) is 11.1 Å². The van der Waals surface area contributed by atoms with Crippen LogP contribution in [0.25, 0.3) is 22.0 Å². The maximum absolute atomic E-state index is 13.7. The summed E-state index contributed by atoms with van der Waals surface area (Å²) in [5, 5.41) is 6.56. The van der Waals surface area contributed by atoms with Gasteiger partial charge in [0, 0.05) is 10.9 Å². The van der Waals surface area contributed by atoms with Crippen LogP contribution in [0, 0.1) is 0 Å². The van der Waals surface area contributed by atoms with Crippen LogP contribution in [0.15, 0.2) is 35.1 Å². The van der Waals surface area contributed by atoms with E-state index in [0.717, 1.165) is 19.2 Å². The Hall–Kier alpha value is -2.83. The van der Waals surface area contributed by atoms with Crippen LogP contribution >= 0.6 is 12.4 Å². The first kappa shape index (κ1) is 25.4. The topological polar surface area (TPSA) is 110 Å². The molecule has 3 aromatic rings. The van der Waals surface area contributed by atoms with Crippen LogP contribution in [-0.2, 0) is 22.0 Å². The number of alkyl halides is 3. The second kappa shape index (κ2) is 9.35. The van der Waals surface area contributed by atoms with E-state index in [1.54, 1.807) is 0 Å². The normalized spacial score (nSPS) is 11.8. The SMILES string of the molecule is CNS(=O)(=O)Cc1ccc(-c2n[nH]c(=O)c3cc(OC)c(OC)cc23)cc1C(F)(F)F.Cl. The predicted molar refractivity (Wildman–Crippen MR) is 115 cm³/mol. The van der Waals surface area contributed by atoms with Gasteiger partial charge in [0.05, 0.1) is 36.6 Å². The largest absolute Gasteiger partial charge is 0.493 e. The number of ether oxygens (including phenoxy) is 2. The van der Waals surface area contributed by atoms with Crippen LogP contribution in [0.3, 0.4) is 0 Å². The summed E-state index contributed by atoms with van der Waals surface area (Å²) in [5.41, 5.74) is -2.01. The molecule has 0 saturated heterocycles. The Bertz CT molecular complexity index is 1310. The fraction of sp³-hybridized carbons (Fsp3) is 0.263. The monoisotopic (exact) mass is 493 g/mol. The molecule has 3 rings (SSSR count). The van der Waals surface area contributed by atoms with Crippen LogP contribution in [-0.4, -0.2) is 39.9 Å². The van der Waals surface area contributed by atoms with Crippen LogP contribution in [0.2, 0.25) is 0 Å². The third kappa shape index (κ3) is 4.97. The molecule has 0 radical (unpaired) electrons. The molecule has 0 aliphatic carbocycles. The van der Waals surface area contributed by atoms with Gasteiger partial charge in [0.1, 0.15) is 0 Å². The van der Waals surface area contributed by atoms with E-state index < -0.39 is 38.6 Å². The lowest BCUT2D eigenvalue weighted by Gasteiger charge is -2.15. The van der Waals surface area contributed by atoms with E-state index in [-0.39, 0.29) is 45.9 Å². The number of nitrogens with zero attached hydrogens (tertiary/aromatic N) is 1. The Labute approximate surface area is 187 Å². The first-order chi connectivity index (χ1) is 14.5. The summed E-state index contributed by atoms with van der Waals surface area (Å²) in [5.74, 6) is -0.318. The Morgan fingerprint density at radius 2 is 1.66 bits per heavy atom. The molecule has 0 spiro atoms. The number of fused-ring (bicyclic) bond motifs is 1. The number of nitrogens with one attached hydrogen (secondary N) is 2. The number of sulfonamides is 1. The van der Waals surface area contributed by atoms with Crippen molar-refractivity contribution in [3.05, 3.63) is 51.8 Å². The highest BCUT2D eigenvalue weighted by Crippen LogP contribution is 2.38. The summed E-state index contributed by atoms with van der Waals surface area (Å²) in [6.45, 7) is 0. The number of halogens is 4. The zero-order valence-corrected chi connectivity index (χ0v) is 18.7. The molecule has 2 N–H and O–H groups in total. The zero-order valence-electron chi connectivity index (χ0n) is 17.0. The lowest BCUT2D eigenvalue weighted by atomic mass is 9.99. The Balaban J connectivity index is 0.00000363. The van der Waals surface area contributed by atoms with Crippen molar-refractivity contribution in [2.24, 2.45) is 0 Å². The summed E-state index contributed by atoms with van der Waals surface area (Å²) in [6.07, 6.45) is -4.81. The van der Waals surface area contributed by atoms with E-state index in [1.165, 1.54) is 32.4 Å². The van der Waals surface area contributed by atoms with Crippen molar-refractivity contribution in [2.75, 3.05) is 21.3 Å². The summed E-state index contributed by atoms with van der Waals surface area (Å²) in [4.78, 5) is 12.2. The van der Waals surface area contributed by atoms with Gasteiger partial charge in [-0.3, -0.25) is 4.79 Å². The zero-order chi connectivity index (χ0) is 23.0. The van der Waals surface area contributed by atoms with E-state index in [9.17, 15) is 26.4 Å². The highest BCUT2D eigenvalue weighted by atomic mass is 35.5. The minimum Gasteiger partial charge on any atom is -0.493 e. The highest BCUT2D eigenvalue weighted by Gasteiger charge is 2.35. The standard InChI is InChI=1S/C19H18F3N3O5S.ClH/c1-23-31(27,28)9-11-5-4-10(6-14(11)19(20,21)22)17-12-7-15(29-2)16(30-3)8-13(12)18(26)25-24-17;/h4-8,23H,9H2,1-3H3,(H,25,26);1H. The molecule has 1 aromatic heterocycles. The average molecular weight is 494 g/mol. The first-order valence-electron chi connectivity index (χ1n) is 8.77. The second-order valence-electron chi connectivity index (χ2n) is 6.49. The van der Waals surface area contributed by atoms with Crippen molar-refractivity contribution >= 4 is 33.2 Å². The minimum atomic E-state index is -4.81. The number of aromatic nitrogens is 2. The van der Waals surface area contributed by atoms with Gasteiger partial charge in [-0.05, 0) is 30.8 Å². The number of rotatable bonds is 6. The van der Waals surface area contributed by atoms with Gasteiger partial charge in [0.2, 0.25) is 10.0 Å². The highest BCUT2D eigenvalue weighted by molar-refractivity contribution is 7.88. The third-order valence-corrected chi connectivity index (χ3v) is 5.95. The molecule has 1 heterocycles. The van der Waals surface area contributed by atoms with Crippen molar-refractivity contribution < 1.29 is 31.1 Å². The molecule has 0 bridgehead atoms. The van der Waals surface area contributed by atoms with Crippen molar-refractivity contribution in [1.82, 2.24) is 14.9 Å². The smallest absolute Gasteiger partial charge is 0.416 e. The summed E-state index contributed by atoms with van der Waals surface area (Å²) in [6, 6.07) is 6.03. The van der Waals surface area contributed by atoms with Gasteiger partial charge in [0.25, 0.3) is 5.56 Å². The number of benzene rings is 2. The molecule has 0 unspecified atom stereocenters. The molecule has 0 atom stereocenters. The number of H-pyrrole nitrogens is 1. The molecule has 8 nitrogen and oxygen atoms in total. The van der Waals surface area contributed by atoms with Gasteiger partial charge >= 0.3 is 6.18 Å². The van der Waals surface area contributed by atoms with Crippen molar-refractivity contribution in [2.45, 2.75) is 11.9 Å². The van der Waals surface area contributed by atoms with E-state index in [0.29, 0.717) is 0 Å². The minimum absolute atomic E-state index is 0. The Morgan fingerprint density at radius 1 is 1.06 bits per heavy atom. The van der Waals surface area contributed by atoms with Crippen LogP contribution < -0.4 is 19.8 Å².